The molecule has 2 aromatic carbocycles. The van der Waals surface area contributed by atoms with Crippen molar-refractivity contribution in [2.75, 3.05) is 31.1 Å². The van der Waals surface area contributed by atoms with E-state index in [1.165, 1.54) is 6.07 Å². The van der Waals surface area contributed by atoms with Gasteiger partial charge < -0.3 is 20.1 Å². The molecule has 1 aromatic heterocycles. The van der Waals surface area contributed by atoms with Gasteiger partial charge in [-0.2, -0.15) is 0 Å². The standard InChI is InChI=1S/C22H22ClFN4O2/c1-14(21(25)29)28-13-17(16-7-6-15(23)12-20(16)28)22(30)27-10-8-26(9-11-27)19-5-3-2-4-18(19)24/h2-7,12-14H,8-11H2,1H3,(H2,25,29). The van der Waals surface area contributed by atoms with Crippen LogP contribution in [0.15, 0.2) is 48.7 Å². The van der Waals surface area contributed by atoms with E-state index < -0.39 is 11.9 Å². The van der Waals surface area contributed by atoms with E-state index in [0.717, 1.165) is 0 Å². The van der Waals surface area contributed by atoms with Crippen molar-refractivity contribution < 1.29 is 14.0 Å². The van der Waals surface area contributed by atoms with Crippen molar-refractivity contribution in [2.45, 2.75) is 13.0 Å². The van der Waals surface area contributed by atoms with Crippen LogP contribution in [0.2, 0.25) is 5.02 Å². The summed E-state index contributed by atoms with van der Waals surface area (Å²) in [5, 5.41) is 1.23. The lowest BCUT2D eigenvalue weighted by atomic mass is 10.1. The van der Waals surface area contributed by atoms with Gasteiger partial charge in [-0.1, -0.05) is 29.8 Å². The van der Waals surface area contributed by atoms with Gasteiger partial charge in [0.15, 0.2) is 0 Å². The van der Waals surface area contributed by atoms with Gasteiger partial charge in [0, 0.05) is 42.8 Å². The summed E-state index contributed by atoms with van der Waals surface area (Å²) < 4.78 is 15.8. The minimum absolute atomic E-state index is 0.133. The number of amides is 2. The Bertz CT molecular complexity index is 1120. The molecule has 2 amide bonds. The second-order valence-corrected chi connectivity index (χ2v) is 7.86. The van der Waals surface area contributed by atoms with Crippen molar-refractivity contribution in [3.63, 3.8) is 0 Å². The summed E-state index contributed by atoms with van der Waals surface area (Å²) in [4.78, 5) is 28.7. The number of carbonyl (C=O) groups excluding carboxylic acids is 2. The number of para-hydroxylation sites is 1. The van der Waals surface area contributed by atoms with Gasteiger partial charge in [0.05, 0.1) is 16.8 Å². The second-order valence-electron chi connectivity index (χ2n) is 7.42. The molecular formula is C22H22ClFN4O2. The van der Waals surface area contributed by atoms with Crippen molar-refractivity contribution in [3.8, 4) is 0 Å². The largest absolute Gasteiger partial charge is 0.368 e. The van der Waals surface area contributed by atoms with E-state index in [1.807, 2.05) is 4.90 Å². The number of hydrogen-bond acceptors (Lipinski definition) is 3. The zero-order valence-electron chi connectivity index (χ0n) is 16.5. The molecule has 0 spiro atoms. The van der Waals surface area contributed by atoms with Gasteiger partial charge in [-0.3, -0.25) is 9.59 Å². The number of benzene rings is 2. The monoisotopic (exact) mass is 428 g/mol. The number of nitrogens with two attached hydrogens (primary N) is 1. The van der Waals surface area contributed by atoms with Crippen molar-refractivity contribution in [1.29, 1.82) is 0 Å². The first kappa shape index (κ1) is 20.2. The average molecular weight is 429 g/mol. The third-order valence-electron chi connectivity index (χ3n) is 5.62. The molecule has 1 aliphatic heterocycles. The van der Waals surface area contributed by atoms with E-state index in [4.69, 9.17) is 17.3 Å². The van der Waals surface area contributed by atoms with Crippen LogP contribution < -0.4 is 10.6 Å². The highest BCUT2D eigenvalue weighted by Gasteiger charge is 2.27. The lowest BCUT2D eigenvalue weighted by Crippen LogP contribution is -2.49. The Morgan fingerprint density at radius 2 is 1.80 bits per heavy atom. The molecule has 4 rings (SSSR count). The number of piperazine rings is 1. The molecule has 2 heterocycles. The van der Waals surface area contributed by atoms with Gasteiger partial charge in [-0.15, -0.1) is 0 Å². The minimum atomic E-state index is -0.620. The molecule has 0 saturated carbocycles. The molecule has 1 fully saturated rings. The number of fused-ring (bicyclic) bond motifs is 1. The molecule has 2 N–H and O–H groups in total. The van der Waals surface area contributed by atoms with Gasteiger partial charge in [-0.25, -0.2) is 4.39 Å². The number of anilines is 1. The van der Waals surface area contributed by atoms with Crippen LogP contribution in [0.3, 0.4) is 0 Å². The fourth-order valence-electron chi connectivity index (χ4n) is 3.88. The first-order chi connectivity index (χ1) is 14.4. The van der Waals surface area contributed by atoms with Gasteiger partial charge in [-0.05, 0) is 31.2 Å². The van der Waals surface area contributed by atoms with Crippen LogP contribution in [0.5, 0.6) is 0 Å². The fraction of sp³-hybridized carbons (Fsp3) is 0.273. The van der Waals surface area contributed by atoms with E-state index >= 15 is 0 Å². The number of nitrogens with zero attached hydrogens (tertiary/aromatic N) is 3. The van der Waals surface area contributed by atoms with Gasteiger partial charge in [0.2, 0.25) is 5.91 Å². The summed E-state index contributed by atoms with van der Waals surface area (Å²) in [6.07, 6.45) is 1.67. The zero-order chi connectivity index (χ0) is 21.4. The highest BCUT2D eigenvalue weighted by atomic mass is 35.5. The van der Waals surface area contributed by atoms with E-state index in [2.05, 4.69) is 0 Å². The Balaban J connectivity index is 1.60. The molecule has 0 bridgehead atoms. The number of rotatable bonds is 4. The van der Waals surface area contributed by atoms with Gasteiger partial charge >= 0.3 is 0 Å². The Morgan fingerprint density at radius 1 is 1.10 bits per heavy atom. The third-order valence-corrected chi connectivity index (χ3v) is 5.85. The average Bonchev–Trinajstić information content (AvgIpc) is 3.11. The highest BCUT2D eigenvalue weighted by Crippen LogP contribution is 2.29. The van der Waals surface area contributed by atoms with Crippen LogP contribution in [0, 0.1) is 5.82 Å². The van der Waals surface area contributed by atoms with Crippen molar-refractivity contribution in [3.05, 3.63) is 65.1 Å². The molecule has 0 radical (unpaired) electrons. The summed E-state index contributed by atoms with van der Waals surface area (Å²) in [6, 6.07) is 11.3. The molecule has 1 unspecified atom stereocenters. The molecule has 1 saturated heterocycles. The number of primary amides is 1. The Kier molecular flexibility index (Phi) is 5.39. The van der Waals surface area contributed by atoms with Crippen LogP contribution >= 0.6 is 11.6 Å². The lowest BCUT2D eigenvalue weighted by molar-refractivity contribution is -0.120. The summed E-state index contributed by atoms with van der Waals surface area (Å²) in [5.41, 5.74) is 7.21. The van der Waals surface area contributed by atoms with Gasteiger partial charge in [0.1, 0.15) is 11.9 Å². The predicted octanol–water partition coefficient (Wildman–Crippen LogP) is 3.44. The van der Waals surface area contributed by atoms with Crippen LogP contribution in [0.4, 0.5) is 10.1 Å². The SMILES string of the molecule is CC(C(N)=O)n1cc(C(=O)N2CCN(c3ccccc3F)CC2)c2ccc(Cl)cc21. The van der Waals surface area contributed by atoms with Crippen LogP contribution in [-0.2, 0) is 4.79 Å². The molecule has 8 heteroatoms. The summed E-state index contributed by atoms with van der Waals surface area (Å²) in [6.45, 7) is 3.70. The van der Waals surface area contributed by atoms with Crippen LogP contribution in [-0.4, -0.2) is 47.5 Å². The molecule has 156 valence electrons. The quantitative estimate of drug-likeness (QED) is 0.691. The number of carbonyl (C=O) groups is 2. The first-order valence-corrected chi connectivity index (χ1v) is 10.1. The van der Waals surface area contributed by atoms with E-state index in [0.29, 0.717) is 53.4 Å². The van der Waals surface area contributed by atoms with Gasteiger partial charge in [0.25, 0.3) is 5.91 Å². The Hall–Kier alpha value is -3.06. The van der Waals surface area contributed by atoms with E-state index in [1.54, 1.807) is 59.0 Å². The number of aromatic nitrogens is 1. The number of halogens is 2. The Morgan fingerprint density at radius 3 is 2.47 bits per heavy atom. The summed E-state index contributed by atoms with van der Waals surface area (Å²) in [5.74, 6) is -0.895. The van der Waals surface area contributed by atoms with Crippen LogP contribution in [0.25, 0.3) is 10.9 Å². The predicted molar refractivity (Wildman–Crippen MR) is 115 cm³/mol. The molecular weight excluding hydrogens is 407 g/mol. The van der Waals surface area contributed by atoms with Crippen molar-refractivity contribution >= 4 is 40.0 Å². The maximum absolute atomic E-state index is 14.1. The maximum atomic E-state index is 14.1. The lowest BCUT2D eigenvalue weighted by Gasteiger charge is -2.36. The maximum Gasteiger partial charge on any atom is 0.256 e. The molecule has 30 heavy (non-hydrogen) atoms. The van der Waals surface area contributed by atoms with Crippen molar-refractivity contribution in [2.24, 2.45) is 5.73 Å². The molecule has 1 atom stereocenters. The second kappa shape index (κ2) is 7.99. The van der Waals surface area contributed by atoms with E-state index in [-0.39, 0.29) is 11.7 Å². The van der Waals surface area contributed by atoms with Crippen LogP contribution in [0.1, 0.15) is 23.3 Å². The minimum Gasteiger partial charge on any atom is -0.368 e. The molecule has 3 aromatic rings. The molecule has 1 aliphatic rings. The fourth-order valence-corrected chi connectivity index (χ4v) is 4.05. The number of hydrogen-bond donors (Lipinski definition) is 1. The molecule has 0 aliphatic carbocycles. The summed E-state index contributed by atoms with van der Waals surface area (Å²) in [7, 11) is 0. The summed E-state index contributed by atoms with van der Waals surface area (Å²) >= 11 is 6.14. The van der Waals surface area contributed by atoms with Crippen molar-refractivity contribution in [1.82, 2.24) is 9.47 Å². The molecule has 6 nitrogen and oxygen atoms in total. The highest BCUT2D eigenvalue weighted by molar-refractivity contribution is 6.31. The smallest absolute Gasteiger partial charge is 0.256 e. The van der Waals surface area contributed by atoms with E-state index in [9.17, 15) is 14.0 Å². The normalized spacial score (nSPS) is 15.4. The topological polar surface area (TPSA) is 71.6 Å². The third kappa shape index (κ3) is 3.61. The first-order valence-electron chi connectivity index (χ1n) is 9.75. The zero-order valence-corrected chi connectivity index (χ0v) is 17.3. The Labute approximate surface area is 178 Å².